The minimum absolute atomic E-state index is 0.354. The largest absolute Gasteiger partial charge is 0.495 e. The predicted octanol–water partition coefficient (Wildman–Crippen LogP) is 3.12. The van der Waals surface area contributed by atoms with E-state index in [-0.39, 0.29) is 5.97 Å². The molecule has 0 aliphatic heterocycles. The second-order valence-electron chi connectivity index (χ2n) is 3.44. The minimum atomic E-state index is -0.363. The van der Waals surface area contributed by atoms with Gasteiger partial charge in [-0.05, 0) is 25.1 Å². The number of rotatable bonds is 3. The first-order chi connectivity index (χ1) is 8.17. The Kier molecular flexibility index (Phi) is 3.38. The van der Waals surface area contributed by atoms with Crippen LogP contribution >= 0.6 is 15.9 Å². The van der Waals surface area contributed by atoms with Crippen molar-refractivity contribution in [2.45, 2.75) is 6.92 Å². The maximum atomic E-state index is 11.6. The van der Waals surface area contributed by atoms with Crippen LogP contribution in [0.2, 0.25) is 0 Å². The first-order valence-corrected chi connectivity index (χ1v) is 5.99. The Labute approximate surface area is 107 Å². The van der Waals surface area contributed by atoms with Crippen LogP contribution in [0.5, 0.6) is 5.75 Å². The fraction of sp³-hybridized carbons (Fsp3) is 0.250. The number of benzene rings is 1. The van der Waals surface area contributed by atoms with Gasteiger partial charge in [0.15, 0.2) is 0 Å². The molecule has 90 valence electrons. The van der Waals surface area contributed by atoms with Gasteiger partial charge in [0.25, 0.3) is 0 Å². The molecule has 1 aromatic carbocycles. The van der Waals surface area contributed by atoms with Crippen molar-refractivity contribution in [3.63, 3.8) is 0 Å². The van der Waals surface area contributed by atoms with Gasteiger partial charge in [-0.25, -0.2) is 4.79 Å². The smallest absolute Gasteiger partial charge is 0.354 e. The van der Waals surface area contributed by atoms with Crippen molar-refractivity contribution in [2.24, 2.45) is 0 Å². The number of nitrogens with one attached hydrogen (secondary N) is 1. The molecule has 0 atom stereocenters. The molecular formula is C12H12BrNO3. The topological polar surface area (TPSA) is 51.3 Å². The van der Waals surface area contributed by atoms with Crippen LogP contribution in [0.1, 0.15) is 17.4 Å². The number of fused-ring (bicyclic) bond motifs is 1. The highest BCUT2D eigenvalue weighted by molar-refractivity contribution is 9.10. The molecule has 0 aliphatic rings. The van der Waals surface area contributed by atoms with Crippen molar-refractivity contribution in [2.75, 3.05) is 13.7 Å². The Morgan fingerprint density at radius 1 is 1.47 bits per heavy atom. The third-order valence-corrected chi connectivity index (χ3v) is 3.11. The molecule has 1 heterocycles. The predicted molar refractivity (Wildman–Crippen MR) is 68.5 cm³/mol. The van der Waals surface area contributed by atoms with Gasteiger partial charge in [-0.15, -0.1) is 0 Å². The second kappa shape index (κ2) is 4.79. The highest BCUT2D eigenvalue weighted by atomic mass is 79.9. The molecule has 0 unspecified atom stereocenters. The van der Waals surface area contributed by atoms with Crippen LogP contribution in [-0.4, -0.2) is 24.7 Å². The zero-order chi connectivity index (χ0) is 12.4. The van der Waals surface area contributed by atoms with E-state index in [1.807, 2.05) is 12.1 Å². The van der Waals surface area contributed by atoms with Gasteiger partial charge in [-0.1, -0.05) is 15.9 Å². The van der Waals surface area contributed by atoms with E-state index in [0.717, 1.165) is 15.4 Å². The summed E-state index contributed by atoms with van der Waals surface area (Å²) in [5, 5.41) is 0.896. The molecule has 0 bridgehead atoms. The van der Waals surface area contributed by atoms with E-state index in [9.17, 15) is 4.79 Å². The monoisotopic (exact) mass is 297 g/mol. The van der Waals surface area contributed by atoms with Crippen molar-refractivity contribution < 1.29 is 14.3 Å². The first-order valence-electron chi connectivity index (χ1n) is 5.19. The number of carbonyl (C=O) groups is 1. The Hall–Kier alpha value is -1.49. The molecule has 1 aromatic heterocycles. The molecule has 2 aromatic rings. The number of carbonyl (C=O) groups excluding carboxylic acids is 1. The summed E-state index contributed by atoms with van der Waals surface area (Å²) >= 11 is 3.43. The van der Waals surface area contributed by atoms with E-state index in [4.69, 9.17) is 9.47 Å². The van der Waals surface area contributed by atoms with Gasteiger partial charge in [0.1, 0.15) is 11.4 Å². The van der Waals surface area contributed by atoms with Crippen molar-refractivity contribution >= 4 is 32.8 Å². The molecule has 0 saturated heterocycles. The minimum Gasteiger partial charge on any atom is -0.495 e. The third-order valence-electron chi connectivity index (χ3n) is 2.42. The molecule has 2 rings (SSSR count). The lowest BCUT2D eigenvalue weighted by molar-refractivity contribution is 0.0520. The Morgan fingerprint density at radius 3 is 2.88 bits per heavy atom. The molecule has 0 spiro atoms. The van der Waals surface area contributed by atoms with Crippen LogP contribution in [0, 0.1) is 0 Å². The Bertz CT molecular complexity index is 562. The summed E-state index contributed by atoms with van der Waals surface area (Å²) in [6, 6.07) is 5.46. The lowest BCUT2D eigenvalue weighted by Gasteiger charge is -2.02. The van der Waals surface area contributed by atoms with E-state index < -0.39 is 0 Å². The zero-order valence-corrected chi connectivity index (χ0v) is 11.1. The van der Waals surface area contributed by atoms with Crippen molar-refractivity contribution in [3.8, 4) is 5.75 Å². The van der Waals surface area contributed by atoms with Gasteiger partial charge in [-0.2, -0.15) is 0 Å². The molecule has 0 aliphatic carbocycles. The number of halogens is 1. The van der Waals surface area contributed by atoms with Crippen LogP contribution < -0.4 is 4.74 Å². The average molecular weight is 298 g/mol. The van der Waals surface area contributed by atoms with E-state index in [1.165, 1.54) is 0 Å². The number of hydrogen-bond acceptors (Lipinski definition) is 3. The Balaban J connectivity index is 2.56. The Morgan fingerprint density at radius 2 is 2.24 bits per heavy atom. The van der Waals surface area contributed by atoms with Gasteiger partial charge < -0.3 is 14.5 Å². The number of methoxy groups -OCH3 is 1. The lowest BCUT2D eigenvalue weighted by atomic mass is 10.2. The number of aromatic amines is 1. The van der Waals surface area contributed by atoms with E-state index in [2.05, 4.69) is 20.9 Å². The molecule has 1 N–H and O–H groups in total. The van der Waals surface area contributed by atoms with Crippen LogP contribution in [-0.2, 0) is 4.74 Å². The number of aromatic nitrogens is 1. The third kappa shape index (κ3) is 2.15. The number of hydrogen-bond donors (Lipinski definition) is 1. The summed E-state index contributed by atoms with van der Waals surface area (Å²) in [6.45, 7) is 2.13. The summed E-state index contributed by atoms with van der Waals surface area (Å²) in [5.74, 6) is 0.330. The maximum absolute atomic E-state index is 11.6. The first kappa shape index (κ1) is 12.0. The number of esters is 1. The van der Waals surface area contributed by atoms with E-state index >= 15 is 0 Å². The summed E-state index contributed by atoms with van der Waals surface area (Å²) < 4.78 is 11.1. The molecule has 0 fully saturated rings. The van der Waals surface area contributed by atoms with E-state index in [1.54, 1.807) is 20.1 Å². The van der Waals surface area contributed by atoms with Crippen LogP contribution in [0.25, 0.3) is 10.9 Å². The highest BCUT2D eigenvalue weighted by Crippen LogP contribution is 2.31. The molecular weight excluding hydrogens is 286 g/mol. The van der Waals surface area contributed by atoms with Crippen LogP contribution in [0.15, 0.2) is 22.7 Å². The molecule has 4 nitrogen and oxygen atoms in total. The molecule has 5 heteroatoms. The average Bonchev–Trinajstić information content (AvgIpc) is 2.76. The summed E-state index contributed by atoms with van der Waals surface area (Å²) in [4.78, 5) is 14.6. The van der Waals surface area contributed by atoms with Crippen molar-refractivity contribution in [3.05, 3.63) is 28.4 Å². The molecule has 0 amide bonds. The maximum Gasteiger partial charge on any atom is 0.354 e. The van der Waals surface area contributed by atoms with E-state index in [0.29, 0.717) is 18.1 Å². The van der Waals surface area contributed by atoms with Gasteiger partial charge in [0, 0.05) is 9.86 Å². The summed E-state index contributed by atoms with van der Waals surface area (Å²) in [6.07, 6.45) is 0. The normalized spacial score (nSPS) is 10.5. The SMILES string of the molecule is CCOC(=O)c1cc2c(Br)ccc(OC)c2[nH]1. The number of H-pyrrole nitrogens is 1. The zero-order valence-electron chi connectivity index (χ0n) is 9.54. The quantitative estimate of drug-likeness (QED) is 0.886. The number of ether oxygens (including phenoxy) is 2. The fourth-order valence-corrected chi connectivity index (χ4v) is 2.09. The van der Waals surface area contributed by atoms with Gasteiger partial charge >= 0.3 is 5.97 Å². The van der Waals surface area contributed by atoms with Crippen LogP contribution in [0.3, 0.4) is 0 Å². The van der Waals surface area contributed by atoms with Crippen LogP contribution in [0.4, 0.5) is 0 Å². The standard InChI is InChI=1S/C12H12BrNO3/c1-3-17-12(15)9-6-7-8(13)4-5-10(16-2)11(7)14-9/h4-6,14H,3H2,1-2H3. The molecule has 0 radical (unpaired) electrons. The van der Waals surface area contributed by atoms with Crippen molar-refractivity contribution in [1.29, 1.82) is 0 Å². The highest BCUT2D eigenvalue weighted by Gasteiger charge is 2.14. The van der Waals surface area contributed by atoms with Gasteiger partial charge in [0.05, 0.1) is 19.2 Å². The lowest BCUT2D eigenvalue weighted by Crippen LogP contribution is -2.04. The van der Waals surface area contributed by atoms with Gasteiger partial charge in [-0.3, -0.25) is 0 Å². The molecule has 17 heavy (non-hydrogen) atoms. The summed E-state index contributed by atoms with van der Waals surface area (Å²) in [7, 11) is 1.59. The second-order valence-corrected chi connectivity index (χ2v) is 4.30. The fourth-order valence-electron chi connectivity index (χ4n) is 1.65. The van der Waals surface area contributed by atoms with Crippen molar-refractivity contribution in [1.82, 2.24) is 4.98 Å². The molecule has 0 saturated carbocycles. The van der Waals surface area contributed by atoms with Gasteiger partial charge in [0.2, 0.25) is 0 Å². The summed E-state index contributed by atoms with van der Waals surface area (Å²) in [5.41, 5.74) is 1.21.